The standard InChI is InChI=1S/C21H29FN2O/c1-5-10-23-11-8-21(9-12-23)15-24(19(25)14-20(2,3)4)18-7-6-16(22)13-17(18)21/h5-7,13H,1,8-12,14-15H2,2-4H3. The molecular formula is C21H29FN2O. The molecule has 3 nitrogen and oxygen atoms in total. The molecule has 3 rings (SSSR count). The SMILES string of the molecule is C=CCN1CCC2(CC1)CN(C(=O)CC(C)(C)C)c1ccc(F)cc12. The van der Waals surface area contributed by atoms with Crippen LogP contribution in [0.5, 0.6) is 0 Å². The molecule has 1 aromatic carbocycles. The molecule has 1 spiro atoms. The van der Waals surface area contributed by atoms with Gasteiger partial charge in [-0.1, -0.05) is 26.8 Å². The van der Waals surface area contributed by atoms with Gasteiger partial charge < -0.3 is 4.90 Å². The molecule has 2 aliphatic heterocycles. The van der Waals surface area contributed by atoms with Crippen molar-refractivity contribution in [3.05, 3.63) is 42.2 Å². The third-order valence-electron chi connectivity index (χ3n) is 5.46. The van der Waals surface area contributed by atoms with Crippen LogP contribution in [0.25, 0.3) is 0 Å². The quantitative estimate of drug-likeness (QED) is 0.770. The molecule has 4 heteroatoms. The molecule has 1 saturated heterocycles. The predicted molar refractivity (Wildman–Crippen MR) is 100 cm³/mol. The third-order valence-corrected chi connectivity index (χ3v) is 5.46. The van der Waals surface area contributed by atoms with Crippen LogP contribution in [0.4, 0.5) is 10.1 Å². The minimum atomic E-state index is -0.211. The molecule has 0 atom stereocenters. The number of carbonyl (C=O) groups is 1. The molecule has 136 valence electrons. The molecule has 0 radical (unpaired) electrons. The summed E-state index contributed by atoms with van der Waals surface area (Å²) in [5.74, 6) is -0.0671. The Labute approximate surface area is 150 Å². The first-order chi connectivity index (χ1) is 11.7. The van der Waals surface area contributed by atoms with E-state index < -0.39 is 0 Å². The fourth-order valence-electron chi connectivity index (χ4n) is 4.19. The van der Waals surface area contributed by atoms with E-state index in [1.165, 1.54) is 6.07 Å². The summed E-state index contributed by atoms with van der Waals surface area (Å²) in [7, 11) is 0. The minimum absolute atomic E-state index is 0.0552. The van der Waals surface area contributed by atoms with E-state index in [0.717, 1.165) is 43.7 Å². The lowest BCUT2D eigenvalue weighted by atomic mass is 9.74. The number of benzene rings is 1. The first kappa shape index (κ1) is 18.1. The van der Waals surface area contributed by atoms with Gasteiger partial charge in [0.2, 0.25) is 5.91 Å². The second-order valence-electron chi connectivity index (χ2n) is 8.75. The summed E-state index contributed by atoms with van der Waals surface area (Å²) in [6.45, 7) is 13.5. The molecule has 1 amide bonds. The number of anilines is 1. The van der Waals surface area contributed by atoms with Crippen LogP contribution in [0.15, 0.2) is 30.9 Å². The highest BCUT2D eigenvalue weighted by molar-refractivity contribution is 5.96. The van der Waals surface area contributed by atoms with E-state index in [9.17, 15) is 9.18 Å². The number of likely N-dealkylation sites (tertiary alicyclic amines) is 1. The summed E-state index contributed by atoms with van der Waals surface area (Å²) in [6, 6.07) is 4.92. The van der Waals surface area contributed by atoms with Crippen molar-refractivity contribution in [2.75, 3.05) is 31.1 Å². The monoisotopic (exact) mass is 344 g/mol. The Balaban J connectivity index is 1.89. The minimum Gasteiger partial charge on any atom is -0.311 e. The predicted octanol–water partition coefficient (Wildman–Crippen LogP) is 4.13. The summed E-state index contributed by atoms with van der Waals surface area (Å²) in [5, 5.41) is 0. The van der Waals surface area contributed by atoms with Gasteiger partial charge >= 0.3 is 0 Å². The first-order valence-electron chi connectivity index (χ1n) is 9.18. The molecule has 25 heavy (non-hydrogen) atoms. The summed E-state index contributed by atoms with van der Waals surface area (Å²) in [6.07, 6.45) is 4.34. The Hall–Kier alpha value is -1.68. The van der Waals surface area contributed by atoms with Crippen LogP contribution in [0, 0.1) is 11.2 Å². The zero-order valence-corrected chi connectivity index (χ0v) is 15.6. The number of fused-ring (bicyclic) bond motifs is 2. The molecule has 0 bridgehead atoms. The van der Waals surface area contributed by atoms with Gasteiger partial charge in [-0.25, -0.2) is 4.39 Å². The number of halogens is 1. The molecule has 0 N–H and O–H groups in total. The molecule has 0 unspecified atom stereocenters. The van der Waals surface area contributed by atoms with Crippen LogP contribution in [0.3, 0.4) is 0 Å². The number of piperidine rings is 1. The van der Waals surface area contributed by atoms with Crippen LogP contribution in [-0.4, -0.2) is 37.0 Å². The van der Waals surface area contributed by atoms with E-state index in [1.54, 1.807) is 12.1 Å². The lowest BCUT2D eigenvalue weighted by Crippen LogP contribution is -2.46. The maximum Gasteiger partial charge on any atom is 0.227 e. The summed E-state index contributed by atoms with van der Waals surface area (Å²) >= 11 is 0. The average Bonchev–Trinajstić information content (AvgIpc) is 2.83. The van der Waals surface area contributed by atoms with Gasteiger partial charge in [-0.05, 0) is 55.1 Å². The number of nitrogens with zero attached hydrogens (tertiary/aromatic N) is 2. The van der Waals surface area contributed by atoms with Crippen molar-refractivity contribution in [2.45, 2.75) is 45.4 Å². The topological polar surface area (TPSA) is 23.6 Å². The van der Waals surface area contributed by atoms with E-state index in [2.05, 4.69) is 32.3 Å². The molecule has 2 heterocycles. The molecule has 1 aromatic rings. The van der Waals surface area contributed by atoms with Crippen molar-refractivity contribution in [1.29, 1.82) is 0 Å². The maximum absolute atomic E-state index is 14.0. The zero-order chi connectivity index (χ0) is 18.2. The number of amides is 1. The third kappa shape index (κ3) is 3.64. The Kier molecular flexibility index (Phi) is 4.76. The lowest BCUT2D eigenvalue weighted by Gasteiger charge is -2.39. The van der Waals surface area contributed by atoms with Crippen molar-refractivity contribution >= 4 is 11.6 Å². The second-order valence-corrected chi connectivity index (χ2v) is 8.75. The van der Waals surface area contributed by atoms with Crippen LogP contribution in [0.1, 0.15) is 45.6 Å². The van der Waals surface area contributed by atoms with Crippen LogP contribution < -0.4 is 4.90 Å². The number of hydrogen-bond donors (Lipinski definition) is 0. The molecule has 1 fully saturated rings. The largest absolute Gasteiger partial charge is 0.311 e. The average molecular weight is 344 g/mol. The van der Waals surface area contributed by atoms with E-state index >= 15 is 0 Å². The summed E-state index contributed by atoms with van der Waals surface area (Å²) in [5.41, 5.74) is 1.77. The smallest absolute Gasteiger partial charge is 0.227 e. The Bertz CT molecular complexity index is 669. The Morgan fingerprint density at radius 2 is 2.00 bits per heavy atom. The number of rotatable bonds is 3. The van der Waals surface area contributed by atoms with Crippen molar-refractivity contribution < 1.29 is 9.18 Å². The number of hydrogen-bond acceptors (Lipinski definition) is 2. The van der Waals surface area contributed by atoms with Gasteiger partial charge in [0.15, 0.2) is 0 Å². The van der Waals surface area contributed by atoms with Crippen LogP contribution in [-0.2, 0) is 10.2 Å². The van der Waals surface area contributed by atoms with Gasteiger partial charge in [0.25, 0.3) is 0 Å². The normalized spacial score (nSPS) is 19.9. The maximum atomic E-state index is 14.0. The fourth-order valence-corrected chi connectivity index (χ4v) is 4.19. The highest BCUT2D eigenvalue weighted by atomic mass is 19.1. The van der Waals surface area contributed by atoms with Gasteiger partial charge in [0.05, 0.1) is 0 Å². The first-order valence-corrected chi connectivity index (χ1v) is 9.18. The zero-order valence-electron chi connectivity index (χ0n) is 15.6. The van der Waals surface area contributed by atoms with Crippen molar-refractivity contribution in [3.8, 4) is 0 Å². The van der Waals surface area contributed by atoms with Gasteiger partial charge in [-0.2, -0.15) is 0 Å². The molecule has 0 aliphatic carbocycles. The molecular weight excluding hydrogens is 315 g/mol. The van der Waals surface area contributed by atoms with Crippen LogP contribution in [0.2, 0.25) is 0 Å². The number of carbonyl (C=O) groups excluding carboxylic acids is 1. The molecule has 2 aliphatic rings. The van der Waals surface area contributed by atoms with Crippen molar-refractivity contribution in [3.63, 3.8) is 0 Å². The van der Waals surface area contributed by atoms with E-state index in [0.29, 0.717) is 13.0 Å². The lowest BCUT2D eigenvalue weighted by molar-refractivity contribution is -0.120. The summed E-state index contributed by atoms with van der Waals surface area (Å²) < 4.78 is 14.0. The Morgan fingerprint density at radius 3 is 2.60 bits per heavy atom. The van der Waals surface area contributed by atoms with Crippen LogP contribution >= 0.6 is 0 Å². The van der Waals surface area contributed by atoms with Gasteiger partial charge in [0.1, 0.15) is 5.82 Å². The fraction of sp³-hybridized carbons (Fsp3) is 0.571. The highest BCUT2D eigenvalue weighted by Gasteiger charge is 2.46. The van der Waals surface area contributed by atoms with E-state index in [-0.39, 0.29) is 22.6 Å². The van der Waals surface area contributed by atoms with Crippen molar-refractivity contribution in [1.82, 2.24) is 4.90 Å². The highest BCUT2D eigenvalue weighted by Crippen LogP contribution is 2.47. The molecule has 0 aromatic heterocycles. The van der Waals surface area contributed by atoms with Gasteiger partial charge in [-0.3, -0.25) is 9.69 Å². The van der Waals surface area contributed by atoms with Gasteiger partial charge in [0, 0.05) is 30.6 Å². The summed E-state index contributed by atoms with van der Waals surface area (Å²) in [4.78, 5) is 17.2. The van der Waals surface area contributed by atoms with Crippen molar-refractivity contribution in [2.24, 2.45) is 5.41 Å². The Morgan fingerprint density at radius 1 is 1.32 bits per heavy atom. The second kappa shape index (κ2) is 6.56. The van der Waals surface area contributed by atoms with Gasteiger partial charge in [-0.15, -0.1) is 6.58 Å². The van der Waals surface area contributed by atoms with E-state index in [4.69, 9.17) is 0 Å². The molecule has 0 saturated carbocycles. The van der Waals surface area contributed by atoms with E-state index in [1.807, 2.05) is 11.0 Å².